The van der Waals surface area contributed by atoms with Crippen LogP contribution in [0.4, 0.5) is 10.3 Å². The van der Waals surface area contributed by atoms with Crippen LogP contribution in [0.25, 0.3) is 11.3 Å². The van der Waals surface area contributed by atoms with Gasteiger partial charge in [0, 0.05) is 19.4 Å². The van der Waals surface area contributed by atoms with Gasteiger partial charge in [0.1, 0.15) is 5.82 Å². The lowest BCUT2D eigenvalue weighted by atomic mass is 10.1. The first-order valence-electron chi connectivity index (χ1n) is 6.06. The van der Waals surface area contributed by atoms with E-state index in [-0.39, 0.29) is 28.0 Å². The van der Waals surface area contributed by atoms with Crippen LogP contribution < -0.4 is 10.1 Å². The predicted molar refractivity (Wildman–Crippen MR) is 76.4 cm³/mol. The van der Waals surface area contributed by atoms with Crippen molar-refractivity contribution < 1.29 is 28.2 Å². The van der Waals surface area contributed by atoms with E-state index in [2.05, 4.69) is 5.32 Å². The Morgan fingerprint density at radius 3 is 2.59 bits per heavy atom. The molecular formula is C14H11ClFNO5. The zero-order valence-corrected chi connectivity index (χ0v) is 12.3. The van der Waals surface area contributed by atoms with E-state index in [1.165, 1.54) is 19.1 Å². The van der Waals surface area contributed by atoms with E-state index < -0.39 is 23.4 Å². The lowest BCUT2D eigenvalue weighted by Gasteiger charge is -2.01. The molecule has 0 unspecified atom stereocenters. The molecule has 0 fully saturated rings. The second-order valence-electron chi connectivity index (χ2n) is 4.34. The van der Waals surface area contributed by atoms with Crippen molar-refractivity contribution in [2.75, 3.05) is 5.32 Å². The van der Waals surface area contributed by atoms with Crippen molar-refractivity contribution in [1.29, 1.82) is 0 Å². The molecule has 0 saturated carbocycles. The number of anilines is 1. The van der Waals surface area contributed by atoms with Crippen LogP contribution in [0, 0.1) is 5.82 Å². The second-order valence-corrected chi connectivity index (χ2v) is 4.75. The Labute approximate surface area is 129 Å². The number of carbonyl (C=O) groups is 2. The van der Waals surface area contributed by atoms with Crippen LogP contribution >= 0.6 is 11.6 Å². The summed E-state index contributed by atoms with van der Waals surface area (Å²) in [6, 6.07) is 3.72. The third kappa shape index (κ3) is 3.20. The van der Waals surface area contributed by atoms with Gasteiger partial charge in [-0.1, -0.05) is 11.6 Å². The molecule has 0 aliphatic rings. The number of hydrogen-bond donors (Lipinski definition) is 2. The van der Waals surface area contributed by atoms with Crippen molar-refractivity contribution in [1.82, 2.24) is 0 Å². The molecule has 6 nitrogen and oxygen atoms in total. The van der Waals surface area contributed by atoms with Gasteiger partial charge in [0.25, 0.3) is 0 Å². The Hall–Kier alpha value is -2.54. The summed E-state index contributed by atoms with van der Waals surface area (Å²) in [5, 5.41) is 12.3. The van der Waals surface area contributed by atoms with Gasteiger partial charge in [-0.25, -0.2) is 4.39 Å². The monoisotopic (exact) mass is 327 g/mol. The molecule has 0 atom stereocenters. The molecule has 0 bridgehead atoms. The molecule has 116 valence electrons. The maximum Gasteiger partial charge on any atom is 0.308 e. The number of carbonyl (C=O) groups excluding carboxylic acids is 2. The van der Waals surface area contributed by atoms with Crippen molar-refractivity contribution in [3.8, 4) is 22.8 Å². The summed E-state index contributed by atoms with van der Waals surface area (Å²) in [4.78, 5) is 22.2. The summed E-state index contributed by atoms with van der Waals surface area (Å²) in [7, 11) is 0. The van der Waals surface area contributed by atoms with Gasteiger partial charge in [0.05, 0.1) is 5.02 Å². The number of rotatable bonds is 3. The predicted octanol–water partition coefficient (Wildman–Crippen LogP) is 3.33. The molecule has 0 saturated heterocycles. The van der Waals surface area contributed by atoms with Crippen LogP contribution in [0.2, 0.25) is 5.02 Å². The highest BCUT2D eigenvalue weighted by molar-refractivity contribution is 6.30. The largest absolute Gasteiger partial charge is 0.502 e. The lowest BCUT2D eigenvalue weighted by Crippen LogP contribution is -2.08. The number of amides is 1. The highest BCUT2D eigenvalue weighted by atomic mass is 35.5. The minimum Gasteiger partial charge on any atom is -0.502 e. The van der Waals surface area contributed by atoms with Crippen LogP contribution in [0.1, 0.15) is 13.8 Å². The minimum atomic E-state index is -0.725. The van der Waals surface area contributed by atoms with Gasteiger partial charge in [-0.15, -0.1) is 0 Å². The number of aromatic hydroxyl groups is 1. The molecule has 2 rings (SSSR count). The standard InChI is InChI=1S/C14H11ClFNO5/c1-6(18)17-14-13(21-7(2)19)11(20)12(22-14)8-3-4-9(15)10(16)5-8/h3-5,20H,1-2H3,(H,17,18). The number of benzene rings is 1. The molecule has 8 heteroatoms. The van der Waals surface area contributed by atoms with Gasteiger partial charge >= 0.3 is 5.97 Å². The molecule has 0 radical (unpaired) electrons. The van der Waals surface area contributed by atoms with Crippen LogP contribution in [0.3, 0.4) is 0 Å². The summed E-state index contributed by atoms with van der Waals surface area (Å²) in [6.07, 6.45) is 0. The van der Waals surface area contributed by atoms with E-state index in [0.29, 0.717) is 0 Å². The van der Waals surface area contributed by atoms with E-state index in [1.54, 1.807) is 0 Å². The van der Waals surface area contributed by atoms with Crippen LogP contribution in [-0.2, 0) is 9.59 Å². The third-order valence-corrected chi connectivity index (χ3v) is 2.86. The number of halogens is 2. The summed E-state index contributed by atoms with van der Waals surface area (Å²) < 4.78 is 23.6. The minimum absolute atomic E-state index is 0.0999. The Kier molecular flexibility index (Phi) is 4.37. The Balaban J connectivity index is 2.56. The van der Waals surface area contributed by atoms with E-state index in [1.807, 2.05) is 0 Å². The molecule has 0 aliphatic carbocycles. The second kappa shape index (κ2) is 6.07. The normalized spacial score (nSPS) is 10.4. The van der Waals surface area contributed by atoms with Gasteiger partial charge in [0.15, 0.2) is 5.76 Å². The summed E-state index contributed by atoms with van der Waals surface area (Å²) >= 11 is 5.59. The summed E-state index contributed by atoms with van der Waals surface area (Å²) in [6.45, 7) is 2.32. The fourth-order valence-corrected chi connectivity index (χ4v) is 1.84. The molecule has 22 heavy (non-hydrogen) atoms. The first-order valence-corrected chi connectivity index (χ1v) is 6.44. The molecule has 1 aromatic carbocycles. The van der Waals surface area contributed by atoms with E-state index in [0.717, 1.165) is 13.0 Å². The zero-order valence-electron chi connectivity index (χ0n) is 11.6. The maximum absolute atomic E-state index is 13.5. The number of nitrogens with one attached hydrogen (secondary N) is 1. The molecule has 1 amide bonds. The van der Waals surface area contributed by atoms with Crippen molar-refractivity contribution >= 4 is 29.4 Å². The topological polar surface area (TPSA) is 88.8 Å². The first-order chi connectivity index (χ1) is 10.3. The Bertz CT molecular complexity index is 756. The molecule has 0 aliphatic heterocycles. The number of hydrogen-bond acceptors (Lipinski definition) is 5. The third-order valence-electron chi connectivity index (χ3n) is 2.56. The summed E-state index contributed by atoms with van der Waals surface area (Å²) in [5.74, 6) is -3.27. The first kappa shape index (κ1) is 15.8. The van der Waals surface area contributed by atoms with Crippen molar-refractivity contribution in [3.63, 3.8) is 0 Å². The number of esters is 1. The molecule has 1 aromatic heterocycles. The van der Waals surface area contributed by atoms with Crippen molar-refractivity contribution in [2.45, 2.75) is 13.8 Å². The highest BCUT2D eigenvalue weighted by Crippen LogP contribution is 2.46. The average Bonchev–Trinajstić information content (AvgIpc) is 2.70. The molecule has 1 heterocycles. The highest BCUT2D eigenvalue weighted by Gasteiger charge is 2.25. The lowest BCUT2D eigenvalue weighted by molar-refractivity contribution is -0.132. The van der Waals surface area contributed by atoms with Crippen LogP contribution in [-0.4, -0.2) is 17.0 Å². The smallest absolute Gasteiger partial charge is 0.308 e. The van der Waals surface area contributed by atoms with Gasteiger partial charge in [-0.05, 0) is 18.2 Å². The molecule has 2 aromatic rings. The zero-order chi connectivity index (χ0) is 16.4. The fourth-order valence-electron chi connectivity index (χ4n) is 1.72. The Morgan fingerprint density at radius 2 is 2.05 bits per heavy atom. The quantitative estimate of drug-likeness (QED) is 0.844. The van der Waals surface area contributed by atoms with Crippen LogP contribution in [0.5, 0.6) is 11.5 Å². The number of ether oxygens (including phenoxy) is 1. The van der Waals surface area contributed by atoms with Gasteiger partial charge in [-0.2, -0.15) is 0 Å². The van der Waals surface area contributed by atoms with Gasteiger partial charge < -0.3 is 14.3 Å². The molecular weight excluding hydrogens is 317 g/mol. The van der Waals surface area contributed by atoms with Gasteiger partial charge in [-0.3, -0.25) is 14.9 Å². The van der Waals surface area contributed by atoms with E-state index >= 15 is 0 Å². The van der Waals surface area contributed by atoms with Crippen molar-refractivity contribution in [2.24, 2.45) is 0 Å². The van der Waals surface area contributed by atoms with E-state index in [9.17, 15) is 19.1 Å². The number of furan rings is 1. The average molecular weight is 328 g/mol. The Morgan fingerprint density at radius 1 is 1.36 bits per heavy atom. The maximum atomic E-state index is 13.5. The van der Waals surface area contributed by atoms with Crippen LogP contribution in [0.15, 0.2) is 22.6 Å². The fraction of sp³-hybridized carbons (Fsp3) is 0.143. The van der Waals surface area contributed by atoms with Gasteiger partial charge in [0.2, 0.25) is 23.3 Å². The van der Waals surface area contributed by atoms with Crippen molar-refractivity contribution in [3.05, 3.63) is 29.0 Å². The molecule has 0 spiro atoms. The SMILES string of the molecule is CC(=O)Nc1oc(-c2ccc(Cl)c(F)c2)c(O)c1OC(C)=O. The summed E-state index contributed by atoms with van der Waals surface area (Å²) in [5.41, 5.74) is 0.157. The molecule has 2 N–H and O–H groups in total. The van der Waals surface area contributed by atoms with E-state index in [4.69, 9.17) is 20.8 Å².